The van der Waals surface area contributed by atoms with E-state index in [1.54, 1.807) is 0 Å². The lowest BCUT2D eigenvalue weighted by atomic mass is 9.85. The number of rotatable bonds is 4. The van der Waals surface area contributed by atoms with Gasteiger partial charge in [0.15, 0.2) is 0 Å². The second kappa shape index (κ2) is 6.49. The summed E-state index contributed by atoms with van der Waals surface area (Å²) in [5.74, 6) is 1.05. The number of carbonyl (C=O) groups excluding carboxylic acids is 1. The van der Waals surface area contributed by atoms with E-state index in [0.717, 1.165) is 58.8 Å². The van der Waals surface area contributed by atoms with Crippen molar-refractivity contribution in [3.63, 3.8) is 0 Å². The molecule has 130 valence electrons. The Bertz CT molecular complexity index is 611. The normalized spacial score (nSPS) is 30.8. The fourth-order valence-electron chi connectivity index (χ4n) is 4.66. The number of amides is 1. The number of hydrogen-bond donors (Lipinski definition) is 0. The highest BCUT2D eigenvalue weighted by atomic mass is 16.5. The first-order valence-electron chi connectivity index (χ1n) is 9.30. The quantitative estimate of drug-likeness (QED) is 0.851. The molecule has 3 fully saturated rings. The lowest BCUT2D eigenvalue weighted by molar-refractivity contribution is -0.136. The van der Waals surface area contributed by atoms with Crippen molar-refractivity contribution in [2.75, 3.05) is 39.4 Å². The SMILES string of the molecule is Cc1cccc(CN2CC[C@@]3(CCN(C[C@H]4CCOC4)C3)C2=O)c1. The molecule has 0 N–H and O–H groups in total. The standard InChI is InChI=1S/C20H28N2O2/c1-16-3-2-4-17(11-16)13-22-9-7-20(19(22)23)6-8-21(15-20)12-18-5-10-24-14-18/h2-4,11,18H,5-10,12-15H2,1H3/t18-,20-/m1/s1. The molecule has 0 bridgehead atoms. The molecule has 24 heavy (non-hydrogen) atoms. The monoisotopic (exact) mass is 328 g/mol. The van der Waals surface area contributed by atoms with Crippen LogP contribution in [0.4, 0.5) is 0 Å². The molecule has 3 saturated heterocycles. The van der Waals surface area contributed by atoms with Crippen LogP contribution in [0.5, 0.6) is 0 Å². The van der Waals surface area contributed by atoms with Crippen molar-refractivity contribution in [1.82, 2.24) is 9.80 Å². The van der Waals surface area contributed by atoms with Gasteiger partial charge in [-0.1, -0.05) is 29.8 Å². The van der Waals surface area contributed by atoms with E-state index < -0.39 is 0 Å². The van der Waals surface area contributed by atoms with Gasteiger partial charge in [-0.2, -0.15) is 0 Å². The molecule has 4 heteroatoms. The van der Waals surface area contributed by atoms with Crippen LogP contribution in [0.25, 0.3) is 0 Å². The molecule has 1 aromatic carbocycles. The zero-order chi connectivity index (χ0) is 16.6. The van der Waals surface area contributed by atoms with Crippen LogP contribution >= 0.6 is 0 Å². The smallest absolute Gasteiger partial charge is 0.230 e. The maximum absolute atomic E-state index is 13.1. The van der Waals surface area contributed by atoms with E-state index in [1.165, 1.54) is 17.5 Å². The van der Waals surface area contributed by atoms with Gasteiger partial charge in [-0.3, -0.25) is 4.79 Å². The summed E-state index contributed by atoms with van der Waals surface area (Å²) in [6, 6.07) is 8.52. The molecule has 0 radical (unpaired) electrons. The summed E-state index contributed by atoms with van der Waals surface area (Å²) < 4.78 is 5.50. The molecular weight excluding hydrogens is 300 g/mol. The Morgan fingerprint density at radius 1 is 1.29 bits per heavy atom. The van der Waals surface area contributed by atoms with Crippen molar-refractivity contribution in [3.05, 3.63) is 35.4 Å². The maximum atomic E-state index is 13.1. The van der Waals surface area contributed by atoms with Gasteiger partial charge in [-0.15, -0.1) is 0 Å². The number of ether oxygens (including phenoxy) is 1. The van der Waals surface area contributed by atoms with Gasteiger partial charge in [0.2, 0.25) is 5.91 Å². The van der Waals surface area contributed by atoms with E-state index in [-0.39, 0.29) is 5.41 Å². The van der Waals surface area contributed by atoms with Crippen LogP contribution in [-0.2, 0) is 16.1 Å². The van der Waals surface area contributed by atoms with E-state index in [1.807, 2.05) is 0 Å². The maximum Gasteiger partial charge on any atom is 0.230 e. The molecule has 0 aliphatic carbocycles. The Morgan fingerprint density at radius 2 is 2.17 bits per heavy atom. The third kappa shape index (κ3) is 3.09. The molecule has 0 unspecified atom stereocenters. The zero-order valence-electron chi connectivity index (χ0n) is 14.7. The minimum atomic E-state index is -0.108. The molecule has 2 atom stereocenters. The van der Waals surface area contributed by atoms with Crippen LogP contribution in [0.1, 0.15) is 30.4 Å². The molecule has 4 nitrogen and oxygen atoms in total. The highest BCUT2D eigenvalue weighted by Crippen LogP contribution is 2.41. The highest BCUT2D eigenvalue weighted by Gasteiger charge is 2.50. The van der Waals surface area contributed by atoms with Crippen LogP contribution in [0.2, 0.25) is 0 Å². The predicted molar refractivity (Wildman–Crippen MR) is 93.6 cm³/mol. The lowest BCUT2D eigenvalue weighted by Crippen LogP contribution is -2.37. The van der Waals surface area contributed by atoms with Crippen molar-refractivity contribution in [2.24, 2.45) is 11.3 Å². The fourth-order valence-corrected chi connectivity index (χ4v) is 4.66. The number of benzene rings is 1. The van der Waals surface area contributed by atoms with E-state index in [2.05, 4.69) is 41.0 Å². The molecule has 3 aliphatic rings. The van der Waals surface area contributed by atoms with E-state index in [0.29, 0.717) is 11.8 Å². The predicted octanol–water partition coefficient (Wildman–Crippen LogP) is 2.46. The summed E-state index contributed by atoms with van der Waals surface area (Å²) in [6.45, 7) is 8.72. The van der Waals surface area contributed by atoms with E-state index in [9.17, 15) is 4.79 Å². The minimum Gasteiger partial charge on any atom is -0.381 e. The Morgan fingerprint density at radius 3 is 2.96 bits per heavy atom. The van der Waals surface area contributed by atoms with Gasteiger partial charge in [0.1, 0.15) is 0 Å². The number of aryl methyl sites for hydroxylation is 1. The largest absolute Gasteiger partial charge is 0.381 e. The second-order valence-electron chi connectivity index (χ2n) is 7.96. The summed E-state index contributed by atoms with van der Waals surface area (Å²) in [4.78, 5) is 17.7. The first-order chi connectivity index (χ1) is 11.6. The number of hydrogen-bond acceptors (Lipinski definition) is 3. The van der Waals surface area contributed by atoms with Gasteiger partial charge in [-0.25, -0.2) is 0 Å². The molecule has 0 saturated carbocycles. The van der Waals surface area contributed by atoms with Crippen molar-refractivity contribution in [1.29, 1.82) is 0 Å². The molecule has 3 aliphatic heterocycles. The third-order valence-electron chi connectivity index (χ3n) is 6.03. The molecule has 1 spiro atoms. The topological polar surface area (TPSA) is 32.8 Å². The van der Waals surface area contributed by atoms with Gasteiger partial charge in [0.25, 0.3) is 0 Å². The number of carbonyl (C=O) groups is 1. The number of likely N-dealkylation sites (tertiary alicyclic amines) is 2. The zero-order valence-corrected chi connectivity index (χ0v) is 14.7. The molecule has 0 aromatic heterocycles. The van der Waals surface area contributed by atoms with Crippen molar-refractivity contribution in [2.45, 2.75) is 32.7 Å². The number of nitrogens with zero attached hydrogens (tertiary/aromatic N) is 2. The first-order valence-corrected chi connectivity index (χ1v) is 9.30. The van der Waals surface area contributed by atoms with Crippen molar-refractivity contribution >= 4 is 5.91 Å². The molecule has 3 heterocycles. The van der Waals surface area contributed by atoms with Crippen molar-refractivity contribution < 1.29 is 9.53 Å². The van der Waals surface area contributed by atoms with Gasteiger partial charge in [0, 0.05) is 32.8 Å². The van der Waals surface area contributed by atoms with Gasteiger partial charge >= 0.3 is 0 Å². The fraction of sp³-hybridized carbons (Fsp3) is 0.650. The summed E-state index contributed by atoms with van der Waals surface area (Å²) in [5.41, 5.74) is 2.40. The van der Waals surface area contributed by atoms with Gasteiger partial charge in [0.05, 0.1) is 12.0 Å². The first kappa shape index (κ1) is 16.1. The van der Waals surface area contributed by atoms with Crippen LogP contribution in [0.15, 0.2) is 24.3 Å². The van der Waals surface area contributed by atoms with Crippen LogP contribution in [0.3, 0.4) is 0 Å². The van der Waals surface area contributed by atoms with Gasteiger partial charge < -0.3 is 14.5 Å². The molecule has 1 amide bonds. The summed E-state index contributed by atoms with van der Waals surface area (Å²) in [6.07, 6.45) is 3.23. The van der Waals surface area contributed by atoms with Crippen LogP contribution in [-0.4, -0.2) is 55.1 Å². The lowest BCUT2D eigenvalue weighted by Gasteiger charge is -2.25. The molecule has 4 rings (SSSR count). The average molecular weight is 328 g/mol. The third-order valence-corrected chi connectivity index (χ3v) is 6.03. The Labute approximate surface area is 144 Å². The van der Waals surface area contributed by atoms with Crippen LogP contribution in [0, 0.1) is 18.3 Å². The highest BCUT2D eigenvalue weighted by molar-refractivity contribution is 5.85. The average Bonchev–Trinajstić information content (AvgIpc) is 3.27. The summed E-state index contributed by atoms with van der Waals surface area (Å²) in [5, 5.41) is 0. The Balaban J connectivity index is 1.38. The molecular formula is C20H28N2O2. The summed E-state index contributed by atoms with van der Waals surface area (Å²) >= 11 is 0. The van der Waals surface area contributed by atoms with Gasteiger partial charge in [-0.05, 0) is 44.2 Å². The summed E-state index contributed by atoms with van der Waals surface area (Å²) in [7, 11) is 0. The van der Waals surface area contributed by atoms with Crippen molar-refractivity contribution in [3.8, 4) is 0 Å². The second-order valence-corrected chi connectivity index (χ2v) is 7.96. The van der Waals surface area contributed by atoms with E-state index >= 15 is 0 Å². The molecule has 1 aromatic rings. The Hall–Kier alpha value is -1.39. The van der Waals surface area contributed by atoms with E-state index in [4.69, 9.17) is 4.74 Å². The van der Waals surface area contributed by atoms with Crippen LogP contribution < -0.4 is 0 Å². The Kier molecular flexibility index (Phi) is 4.35. The minimum absolute atomic E-state index is 0.108.